The molecule has 17 heavy (non-hydrogen) atoms. The molecule has 6 heteroatoms. The number of nitro groups is 1. The predicted molar refractivity (Wildman–Crippen MR) is 62.0 cm³/mol. The second kappa shape index (κ2) is 4.73. The van der Waals surface area contributed by atoms with Gasteiger partial charge >= 0.3 is 5.69 Å². The molecule has 2 rings (SSSR count). The van der Waals surface area contributed by atoms with Crippen LogP contribution in [-0.2, 0) is 6.42 Å². The molecule has 0 aliphatic rings. The average molecular weight is 232 g/mol. The number of imidazole rings is 1. The number of hydrogen-bond donors (Lipinski definition) is 0. The van der Waals surface area contributed by atoms with Crippen LogP contribution in [0.2, 0.25) is 0 Å². The fourth-order valence-electron chi connectivity index (χ4n) is 1.69. The quantitative estimate of drug-likeness (QED) is 0.597. The normalized spacial score (nSPS) is 10.4. The Kier molecular flexibility index (Phi) is 3.13. The molecule has 0 spiro atoms. The summed E-state index contributed by atoms with van der Waals surface area (Å²) in [5.41, 5.74) is 0.494. The lowest BCUT2D eigenvalue weighted by Gasteiger charge is -2.06. The second-order valence-corrected chi connectivity index (χ2v) is 3.58. The van der Waals surface area contributed by atoms with Gasteiger partial charge in [-0.2, -0.15) is 0 Å². The van der Waals surface area contributed by atoms with E-state index in [9.17, 15) is 10.1 Å². The highest BCUT2D eigenvalue weighted by atomic mass is 16.6. The van der Waals surface area contributed by atoms with Gasteiger partial charge in [-0.15, -0.1) is 0 Å². The topological polar surface area (TPSA) is 73.8 Å². The van der Waals surface area contributed by atoms with Gasteiger partial charge in [-0.05, 0) is 12.5 Å². The maximum Gasteiger partial charge on any atom is 0.311 e. The van der Waals surface area contributed by atoms with Crippen molar-refractivity contribution in [3.63, 3.8) is 0 Å². The van der Waals surface area contributed by atoms with Crippen LogP contribution >= 0.6 is 0 Å². The lowest BCUT2D eigenvalue weighted by molar-refractivity contribution is -0.384. The highest BCUT2D eigenvalue weighted by Gasteiger charge is 2.16. The van der Waals surface area contributed by atoms with Crippen LogP contribution in [-0.4, -0.2) is 19.5 Å². The minimum Gasteiger partial charge on any atom is -0.297 e. The third-order valence-electron chi connectivity index (χ3n) is 2.42. The van der Waals surface area contributed by atoms with Crippen LogP contribution in [0.4, 0.5) is 5.69 Å². The third kappa shape index (κ3) is 2.15. The van der Waals surface area contributed by atoms with Crippen molar-refractivity contribution in [1.82, 2.24) is 14.5 Å². The Labute approximate surface area is 98.1 Å². The van der Waals surface area contributed by atoms with Crippen LogP contribution < -0.4 is 0 Å². The van der Waals surface area contributed by atoms with Crippen molar-refractivity contribution in [2.45, 2.75) is 19.8 Å². The summed E-state index contributed by atoms with van der Waals surface area (Å²) in [7, 11) is 0. The summed E-state index contributed by atoms with van der Waals surface area (Å²) in [5, 5.41) is 10.9. The van der Waals surface area contributed by atoms with E-state index >= 15 is 0 Å². The molecule has 2 heterocycles. The SMILES string of the molecule is CCCc1nccn1-c1ccncc1[N+](=O)[O-]. The molecule has 0 amide bonds. The smallest absolute Gasteiger partial charge is 0.297 e. The first-order valence-corrected chi connectivity index (χ1v) is 5.35. The van der Waals surface area contributed by atoms with Gasteiger partial charge in [0.05, 0.1) is 4.92 Å². The van der Waals surface area contributed by atoms with Crippen LogP contribution in [0, 0.1) is 10.1 Å². The Balaban J connectivity index is 2.52. The highest BCUT2D eigenvalue weighted by molar-refractivity contribution is 5.50. The van der Waals surface area contributed by atoms with Crippen LogP contribution in [0.3, 0.4) is 0 Å². The molecule has 88 valence electrons. The summed E-state index contributed by atoms with van der Waals surface area (Å²) in [6.07, 6.45) is 7.90. The molecule has 0 aliphatic carbocycles. The summed E-state index contributed by atoms with van der Waals surface area (Å²) < 4.78 is 1.74. The van der Waals surface area contributed by atoms with Gasteiger partial charge in [-0.1, -0.05) is 6.92 Å². The predicted octanol–water partition coefficient (Wildman–Crippen LogP) is 2.13. The van der Waals surface area contributed by atoms with E-state index in [1.807, 2.05) is 6.92 Å². The van der Waals surface area contributed by atoms with Gasteiger partial charge in [-0.3, -0.25) is 19.7 Å². The Bertz CT molecular complexity index is 536. The zero-order valence-corrected chi connectivity index (χ0v) is 9.41. The average Bonchev–Trinajstić information content (AvgIpc) is 2.77. The molecule has 0 N–H and O–H groups in total. The van der Waals surface area contributed by atoms with E-state index in [2.05, 4.69) is 9.97 Å². The Morgan fingerprint density at radius 2 is 2.29 bits per heavy atom. The van der Waals surface area contributed by atoms with E-state index < -0.39 is 4.92 Å². The number of nitrogens with zero attached hydrogens (tertiary/aromatic N) is 4. The monoisotopic (exact) mass is 232 g/mol. The number of hydrogen-bond acceptors (Lipinski definition) is 4. The van der Waals surface area contributed by atoms with Crippen molar-refractivity contribution < 1.29 is 4.92 Å². The summed E-state index contributed by atoms with van der Waals surface area (Å²) in [6.45, 7) is 2.04. The largest absolute Gasteiger partial charge is 0.311 e. The van der Waals surface area contributed by atoms with Crippen molar-refractivity contribution >= 4 is 5.69 Å². The maximum absolute atomic E-state index is 10.9. The Morgan fingerprint density at radius 1 is 1.47 bits per heavy atom. The van der Waals surface area contributed by atoms with Crippen LogP contribution in [0.15, 0.2) is 30.9 Å². The first kappa shape index (κ1) is 11.3. The molecule has 0 saturated carbocycles. The van der Waals surface area contributed by atoms with Gasteiger partial charge in [0.1, 0.15) is 17.7 Å². The Morgan fingerprint density at radius 3 is 3.00 bits per heavy atom. The van der Waals surface area contributed by atoms with Crippen LogP contribution in [0.5, 0.6) is 0 Å². The molecular weight excluding hydrogens is 220 g/mol. The third-order valence-corrected chi connectivity index (χ3v) is 2.42. The second-order valence-electron chi connectivity index (χ2n) is 3.58. The molecule has 2 aromatic rings. The molecule has 0 radical (unpaired) electrons. The lowest BCUT2D eigenvalue weighted by atomic mass is 10.3. The van der Waals surface area contributed by atoms with Gasteiger partial charge in [-0.25, -0.2) is 4.98 Å². The van der Waals surface area contributed by atoms with Crippen molar-refractivity contribution in [2.75, 3.05) is 0 Å². The number of aromatic nitrogens is 3. The fraction of sp³-hybridized carbons (Fsp3) is 0.273. The molecule has 0 bridgehead atoms. The summed E-state index contributed by atoms with van der Waals surface area (Å²) >= 11 is 0. The zero-order valence-electron chi connectivity index (χ0n) is 9.41. The molecule has 0 aromatic carbocycles. The number of rotatable bonds is 4. The van der Waals surface area contributed by atoms with Crippen LogP contribution in [0.25, 0.3) is 5.69 Å². The Hall–Kier alpha value is -2.24. The van der Waals surface area contributed by atoms with E-state index in [0.717, 1.165) is 18.7 Å². The first-order valence-electron chi connectivity index (χ1n) is 5.35. The minimum atomic E-state index is -0.432. The summed E-state index contributed by atoms with van der Waals surface area (Å²) in [6, 6.07) is 1.62. The molecule has 6 nitrogen and oxygen atoms in total. The van der Waals surface area contributed by atoms with Gasteiger partial charge in [0.15, 0.2) is 0 Å². The molecule has 0 aliphatic heterocycles. The van der Waals surface area contributed by atoms with Gasteiger partial charge in [0.2, 0.25) is 0 Å². The fourth-order valence-corrected chi connectivity index (χ4v) is 1.69. The number of pyridine rings is 1. The summed E-state index contributed by atoms with van der Waals surface area (Å²) in [4.78, 5) is 18.5. The van der Waals surface area contributed by atoms with E-state index in [0.29, 0.717) is 5.69 Å². The van der Waals surface area contributed by atoms with E-state index in [4.69, 9.17) is 0 Å². The van der Waals surface area contributed by atoms with Crippen molar-refractivity contribution in [3.05, 3.63) is 46.8 Å². The lowest BCUT2D eigenvalue weighted by Crippen LogP contribution is -2.04. The molecule has 0 atom stereocenters. The minimum absolute atomic E-state index is 0.0112. The van der Waals surface area contributed by atoms with E-state index in [1.54, 1.807) is 23.0 Å². The number of aryl methyl sites for hydroxylation is 1. The van der Waals surface area contributed by atoms with Crippen molar-refractivity contribution in [1.29, 1.82) is 0 Å². The first-order chi connectivity index (χ1) is 8.24. The summed E-state index contributed by atoms with van der Waals surface area (Å²) in [5.74, 6) is 0.821. The van der Waals surface area contributed by atoms with Crippen molar-refractivity contribution in [2.24, 2.45) is 0 Å². The van der Waals surface area contributed by atoms with E-state index in [-0.39, 0.29) is 5.69 Å². The highest BCUT2D eigenvalue weighted by Crippen LogP contribution is 2.22. The van der Waals surface area contributed by atoms with Gasteiger partial charge < -0.3 is 0 Å². The van der Waals surface area contributed by atoms with Gasteiger partial charge in [0.25, 0.3) is 0 Å². The van der Waals surface area contributed by atoms with Gasteiger partial charge in [0, 0.05) is 25.0 Å². The zero-order chi connectivity index (χ0) is 12.3. The van der Waals surface area contributed by atoms with E-state index in [1.165, 1.54) is 12.4 Å². The van der Waals surface area contributed by atoms with Crippen LogP contribution in [0.1, 0.15) is 19.2 Å². The molecule has 0 saturated heterocycles. The molecule has 0 fully saturated rings. The standard InChI is InChI=1S/C11H12N4O2/c1-2-3-11-13-6-7-14(11)9-4-5-12-8-10(9)15(16)17/h4-8H,2-3H2,1H3. The van der Waals surface area contributed by atoms with Crippen molar-refractivity contribution in [3.8, 4) is 5.69 Å². The maximum atomic E-state index is 10.9. The molecule has 0 unspecified atom stereocenters. The molecule has 2 aromatic heterocycles. The molecular formula is C11H12N4O2.